The Bertz CT molecular complexity index is 252. The van der Waals surface area contributed by atoms with E-state index in [-0.39, 0.29) is 0 Å². The Morgan fingerprint density at radius 3 is 2.43 bits per heavy atom. The van der Waals surface area contributed by atoms with Crippen LogP contribution in [0, 0.1) is 5.41 Å². The molecule has 1 heterocycles. The standard InChI is InChI=1S/C11H17NO2/c13-10(14)12-8-6-11(7-9-12)4-2-1-3-5-11/h1-2H,3-9H2,(H,13,14). The summed E-state index contributed by atoms with van der Waals surface area (Å²) >= 11 is 0. The summed E-state index contributed by atoms with van der Waals surface area (Å²) in [7, 11) is 0. The second kappa shape index (κ2) is 3.64. The molecule has 0 atom stereocenters. The van der Waals surface area contributed by atoms with Gasteiger partial charge in [-0.05, 0) is 37.5 Å². The highest BCUT2D eigenvalue weighted by Crippen LogP contribution is 2.41. The summed E-state index contributed by atoms with van der Waals surface area (Å²) in [6.07, 6.45) is 9.41. The third kappa shape index (κ3) is 1.76. The van der Waals surface area contributed by atoms with Gasteiger partial charge in [0.15, 0.2) is 0 Å². The lowest BCUT2D eigenvalue weighted by atomic mass is 9.70. The van der Waals surface area contributed by atoms with Gasteiger partial charge in [0.25, 0.3) is 0 Å². The van der Waals surface area contributed by atoms with Crippen LogP contribution in [0.25, 0.3) is 0 Å². The van der Waals surface area contributed by atoms with Crippen molar-refractivity contribution in [3.8, 4) is 0 Å². The zero-order chi connectivity index (χ0) is 10.0. The van der Waals surface area contributed by atoms with Crippen molar-refractivity contribution in [2.75, 3.05) is 13.1 Å². The van der Waals surface area contributed by atoms with Gasteiger partial charge in [0, 0.05) is 13.1 Å². The van der Waals surface area contributed by atoms with Crippen LogP contribution in [-0.4, -0.2) is 29.2 Å². The summed E-state index contributed by atoms with van der Waals surface area (Å²) in [6, 6.07) is 0. The van der Waals surface area contributed by atoms with Gasteiger partial charge in [-0.15, -0.1) is 0 Å². The molecule has 1 spiro atoms. The second-order valence-corrected chi connectivity index (χ2v) is 4.48. The molecule has 0 aromatic heterocycles. The molecule has 2 rings (SSSR count). The van der Waals surface area contributed by atoms with Crippen LogP contribution in [0.4, 0.5) is 4.79 Å². The Hall–Kier alpha value is -0.990. The van der Waals surface area contributed by atoms with Crippen LogP contribution in [0.1, 0.15) is 32.1 Å². The molecule has 0 aromatic rings. The quantitative estimate of drug-likeness (QED) is 0.603. The predicted octanol–water partition coefficient (Wildman–Crippen LogP) is 2.49. The maximum atomic E-state index is 10.7. The minimum atomic E-state index is -0.758. The van der Waals surface area contributed by atoms with Crippen LogP contribution in [0.2, 0.25) is 0 Å². The number of likely N-dealkylation sites (tertiary alicyclic amines) is 1. The van der Waals surface area contributed by atoms with Crippen molar-refractivity contribution >= 4 is 6.09 Å². The SMILES string of the molecule is O=C(O)N1CCC2(CC=CCC2)CC1. The molecule has 1 N–H and O–H groups in total. The lowest BCUT2D eigenvalue weighted by molar-refractivity contribution is 0.0835. The highest BCUT2D eigenvalue weighted by molar-refractivity contribution is 5.65. The van der Waals surface area contributed by atoms with Gasteiger partial charge in [0.2, 0.25) is 0 Å². The van der Waals surface area contributed by atoms with Crippen molar-refractivity contribution in [1.82, 2.24) is 4.90 Å². The van der Waals surface area contributed by atoms with E-state index in [1.165, 1.54) is 12.8 Å². The van der Waals surface area contributed by atoms with Crippen LogP contribution in [0.5, 0.6) is 0 Å². The smallest absolute Gasteiger partial charge is 0.407 e. The minimum absolute atomic E-state index is 0.431. The molecular weight excluding hydrogens is 178 g/mol. The molecule has 0 aromatic carbocycles. The predicted molar refractivity (Wildman–Crippen MR) is 54.3 cm³/mol. The molecule has 1 fully saturated rings. The van der Waals surface area contributed by atoms with Crippen molar-refractivity contribution in [2.24, 2.45) is 5.41 Å². The molecule has 1 aliphatic carbocycles. The Morgan fingerprint density at radius 1 is 1.21 bits per heavy atom. The van der Waals surface area contributed by atoms with Gasteiger partial charge in [-0.3, -0.25) is 0 Å². The monoisotopic (exact) mass is 195 g/mol. The van der Waals surface area contributed by atoms with Crippen molar-refractivity contribution in [1.29, 1.82) is 0 Å². The molecule has 78 valence electrons. The third-order valence-corrected chi connectivity index (χ3v) is 3.65. The van der Waals surface area contributed by atoms with Crippen LogP contribution in [0.3, 0.4) is 0 Å². The van der Waals surface area contributed by atoms with Gasteiger partial charge in [-0.2, -0.15) is 0 Å². The Kier molecular flexibility index (Phi) is 2.48. The third-order valence-electron chi connectivity index (χ3n) is 3.65. The Morgan fingerprint density at radius 2 is 1.93 bits per heavy atom. The first kappa shape index (κ1) is 9.56. The number of carboxylic acid groups (broad SMARTS) is 1. The summed E-state index contributed by atoms with van der Waals surface area (Å²) in [5.74, 6) is 0. The largest absolute Gasteiger partial charge is 0.465 e. The van der Waals surface area contributed by atoms with Crippen molar-refractivity contribution < 1.29 is 9.90 Å². The normalized spacial score (nSPS) is 25.3. The van der Waals surface area contributed by atoms with Crippen LogP contribution in [0.15, 0.2) is 12.2 Å². The average Bonchev–Trinajstić information content (AvgIpc) is 2.19. The van der Waals surface area contributed by atoms with Gasteiger partial charge >= 0.3 is 6.09 Å². The fourth-order valence-electron chi connectivity index (χ4n) is 2.57. The lowest BCUT2D eigenvalue weighted by Gasteiger charge is -2.41. The number of piperidine rings is 1. The number of rotatable bonds is 0. The number of hydrogen-bond acceptors (Lipinski definition) is 1. The minimum Gasteiger partial charge on any atom is -0.465 e. The molecule has 2 aliphatic rings. The number of allylic oxidation sites excluding steroid dienone is 2. The molecule has 0 unspecified atom stereocenters. The molecule has 3 heteroatoms. The van der Waals surface area contributed by atoms with Gasteiger partial charge < -0.3 is 10.0 Å². The first-order valence-corrected chi connectivity index (χ1v) is 5.35. The molecule has 14 heavy (non-hydrogen) atoms. The molecule has 0 saturated carbocycles. The number of hydrogen-bond donors (Lipinski definition) is 1. The average molecular weight is 195 g/mol. The van der Waals surface area contributed by atoms with E-state index in [2.05, 4.69) is 12.2 Å². The number of amides is 1. The van der Waals surface area contributed by atoms with E-state index in [9.17, 15) is 4.79 Å². The van der Waals surface area contributed by atoms with Gasteiger partial charge in [-0.25, -0.2) is 4.79 Å². The second-order valence-electron chi connectivity index (χ2n) is 4.48. The summed E-state index contributed by atoms with van der Waals surface area (Å²) in [4.78, 5) is 12.3. The lowest BCUT2D eigenvalue weighted by Crippen LogP contribution is -2.42. The first-order chi connectivity index (χ1) is 6.72. The Labute approximate surface area is 84.4 Å². The summed E-state index contributed by atoms with van der Waals surface area (Å²) in [5.41, 5.74) is 0.431. The molecule has 0 bridgehead atoms. The van der Waals surface area contributed by atoms with Crippen molar-refractivity contribution in [2.45, 2.75) is 32.1 Å². The summed E-state index contributed by atoms with van der Waals surface area (Å²) in [5, 5.41) is 8.84. The van der Waals surface area contributed by atoms with E-state index in [1.807, 2.05) is 0 Å². The van der Waals surface area contributed by atoms with Gasteiger partial charge in [0.1, 0.15) is 0 Å². The summed E-state index contributed by atoms with van der Waals surface area (Å²) < 4.78 is 0. The fourth-order valence-corrected chi connectivity index (χ4v) is 2.57. The maximum Gasteiger partial charge on any atom is 0.407 e. The van der Waals surface area contributed by atoms with E-state index >= 15 is 0 Å². The highest BCUT2D eigenvalue weighted by atomic mass is 16.4. The van der Waals surface area contributed by atoms with Gasteiger partial charge in [0.05, 0.1) is 0 Å². The van der Waals surface area contributed by atoms with Crippen LogP contribution < -0.4 is 0 Å². The first-order valence-electron chi connectivity index (χ1n) is 5.35. The Balaban J connectivity index is 1.94. The molecule has 0 radical (unpaired) electrons. The molecule has 1 saturated heterocycles. The molecule has 3 nitrogen and oxygen atoms in total. The van der Waals surface area contributed by atoms with E-state index in [0.717, 1.165) is 32.4 Å². The topological polar surface area (TPSA) is 40.5 Å². The zero-order valence-corrected chi connectivity index (χ0v) is 8.41. The zero-order valence-electron chi connectivity index (χ0n) is 8.41. The van der Waals surface area contributed by atoms with Crippen molar-refractivity contribution in [3.63, 3.8) is 0 Å². The van der Waals surface area contributed by atoms with E-state index in [0.29, 0.717) is 5.41 Å². The van der Waals surface area contributed by atoms with E-state index < -0.39 is 6.09 Å². The van der Waals surface area contributed by atoms with E-state index in [4.69, 9.17) is 5.11 Å². The fraction of sp³-hybridized carbons (Fsp3) is 0.727. The van der Waals surface area contributed by atoms with Gasteiger partial charge in [-0.1, -0.05) is 12.2 Å². The number of nitrogens with zero attached hydrogens (tertiary/aromatic N) is 1. The number of carbonyl (C=O) groups is 1. The van der Waals surface area contributed by atoms with Crippen LogP contribution in [-0.2, 0) is 0 Å². The molecule has 1 aliphatic heterocycles. The van der Waals surface area contributed by atoms with E-state index in [1.54, 1.807) is 4.90 Å². The summed E-state index contributed by atoms with van der Waals surface area (Å²) in [6.45, 7) is 1.45. The maximum absolute atomic E-state index is 10.7. The molecular formula is C11H17NO2. The van der Waals surface area contributed by atoms with Crippen molar-refractivity contribution in [3.05, 3.63) is 12.2 Å². The highest BCUT2D eigenvalue weighted by Gasteiger charge is 2.35. The van der Waals surface area contributed by atoms with Crippen LogP contribution >= 0.6 is 0 Å². The molecule has 1 amide bonds.